The molecule has 1 heterocycles. The van der Waals surface area contributed by atoms with Crippen LogP contribution in [-0.4, -0.2) is 30.3 Å². The Balaban J connectivity index is 2.54. The third-order valence-corrected chi connectivity index (χ3v) is 2.45. The van der Waals surface area contributed by atoms with Crippen LogP contribution in [0.25, 0.3) is 0 Å². The number of likely N-dealkylation sites (N-methyl/N-ethyl adjacent to an activating group) is 1. The van der Waals surface area contributed by atoms with Crippen LogP contribution in [-0.2, 0) is 4.79 Å². The van der Waals surface area contributed by atoms with E-state index in [1.54, 1.807) is 25.2 Å². The molecule has 0 saturated carbocycles. The minimum Gasteiger partial charge on any atom is -0.332 e. The molecule has 1 aliphatic rings. The van der Waals surface area contributed by atoms with Crippen LogP contribution < -0.4 is 5.32 Å². The van der Waals surface area contributed by atoms with Crippen molar-refractivity contribution >= 4 is 29.1 Å². The van der Waals surface area contributed by atoms with E-state index in [1.807, 2.05) is 0 Å². The lowest BCUT2D eigenvalue weighted by atomic mass is 10.1. The van der Waals surface area contributed by atoms with Gasteiger partial charge in [-0.1, -0.05) is 11.6 Å². The maximum atomic E-state index is 11.8. The predicted molar refractivity (Wildman–Crippen MR) is 57.0 cm³/mol. The van der Waals surface area contributed by atoms with Crippen LogP contribution in [0.5, 0.6) is 0 Å². The molecule has 0 spiro atoms. The number of anilines is 1. The number of hydrogen-bond donors (Lipinski definition) is 1. The molecule has 0 saturated heterocycles. The summed E-state index contributed by atoms with van der Waals surface area (Å²) in [7, 11) is 1.59. The van der Waals surface area contributed by atoms with Crippen molar-refractivity contribution in [2.45, 2.75) is 0 Å². The van der Waals surface area contributed by atoms with Crippen LogP contribution in [0, 0.1) is 0 Å². The number of amides is 2. The number of halogens is 1. The number of benzene rings is 1. The Bertz CT molecular complexity index is 445. The molecule has 0 unspecified atom stereocenters. The molecule has 15 heavy (non-hydrogen) atoms. The van der Waals surface area contributed by atoms with Crippen LogP contribution in [0.4, 0.5) is 5.69 Å². The molecule has 78 valence electrons. The van der Waals surface area contributed by atoms with Gasteiger partial charge in [0.15, 0.2) is 0 Å². The summed E-state index contributed by atoms with van der Waals surface area (Å²) in [5.41, 5.74) is 0.939. The molecule has 4 nitrogen and oxygen atoms in total. The van der Waals surface area contributed by atoms with E-state index < -0.39 is 0 Å². The molecule has 0 aliphatic carbocycles. The first-order chi connectivity index (χ1) is 7.08. The second kappa shape index (κ2) is 3.55. The normalized spacial score (nSPS) is 15.7. The van der Waals surface area contributed by atoms with Crippen molar-refractivity contribution in [2.75, 3.05) is 18.9 Å². The van der Waals surface area contributed by atoms with E-state index in [0.717, 1.165) is 0 Å². The fraction of sp³-hybridized carbons (Fsp3) is 0.200. The van der Waals surface area contributed by atoms with Gasteiger partial charge in [0.2, 0.25) is 5.91 Å². The van der Waals surface area contributed by atoms with E-state index in [0.29, 0.717) is 16.3 Å². The molecular formula is C10H9ClN2O2. The van der Waals surface area contributed by atoms with Crippen LogP contribution in [0.1, 0.15) is 10.4 Å². The summed E-state index contributed by atoms with van der Waals surface area (Å²) in [6.07, 6.45) is 0. The highest BCUT2D eigenvalue weighted by Crippen LogP contribution is 2.23. The van der Waals surface area contributed by atoms with Gasteiger partial charge in [0.25, 0.3) is 5.91 Å². The Kier molecular flexibility index (Phi) is 2.36. The predicted octanol–water partition coefficient (Wildman–Crippen LogP) is 1.36. The SMILES string of the molecule is CN1CC(=O)Nc2cc(Cl)ccc2C1=O. The highest BCUT2D eigenvalue weighted by Gasteiger charge is 2.23. The summed E-state index contributed by atoms with van der Waals surface area (Å²) in [6, 6.07) is 4.82. The number of nitrogens with zero attached hydrogens (tertiary/aromatic N) is 1. The lowest BCUT2D eigenvalue weighted by molar-refractivity contribution is -0.116. The first-order valence-electron chi connectivity index (χ1n) is 4.43. The van der Waals surface area contributed by atoms with Gasteiger partial charge in [-0.25, -0.2) is 0 Å². The van der Waals surface area contributed by atoms with Gasteiger partial charge >= 0.3 is 0 Å². The van der Waals surface area contributed by atoms with Gasteiger partial charge in [-0.15, -0.1) is 0 Å². The van der Waals surface area contributed by atoms with Gasteiger partial charge in [0.05, 0.1) is 17.8 Å². The number of nitrogens with one attached hydrogen (secondary N) is 1. The molecule has 0 radical (unpaired) electrons. The number of hydrogen-bond acceptors (Lipinski definition) is 2. The van der Waals surface area contributed by atoms with Gasteiger partial charge in [0.1, 0.15) is 0 Å². The monoisotopic (exact) mass is 224 g/mol. The second-order valence-electron chi connectivity index (χ2n) is 3.40. The molecule has 0 bridgehead atoms. The fourth-order valence-corrected chi connectivity index (χ4v) is 1.66. The average Bonchev–Trinajstić information content (AvgIpc) is 2.25. The van der Waals surface area contributed by atoms with Crippen LogP contribution in [0.2, 0.25) is 5.02 Å². The molecule has 2 rings (SSSR count). The van der Waals surface area contributed by atoms with Crippen LogP contribution >= 0.6 is 11.6 Å². The molecule has 1 N–H and O–H groups in total. The standard InChI is InChI=1S/C10H9ClN2O2/c1-13-5-9(14)12-8-4-6(11)2-3-7(8)10(13)15/h2-4H,5H2,1H3,(H,12,14). The molecule has 0 fully saturated rings. The number of fused-ring (bicyclic) bond motifs is 1. The second-order valence-corrected chi connectivity index (χ2v) is 3.84. The van der Waals surface area contributed by atoms with E-state index in [9.17, 15) is 9.59 Å². The zero-order valence-electron chi connectivity index (χ0n) is 8.08. The summed E-state index contributed by atoms with van der Waals surface area (Å²) in [4.78, 5) is 24.5. The van der Waals surface area contributed by atoms with Crippen molar-refractivity contribution in [3.8, 4) is 0 Å². The van der Waals surface area contributed by atoms with Crippen molar-refractivity contribution in [2.24, 2.45) is 0 Å². The molecule has 0 aromatic heterocycles. The summed E-state index contributed by atoms with van der Waals surface area (Å²) < 4.78 is 0. The summed E-state index contributed by atoms with van der Waals surface area (Å²) in [6.45, 7) is 0.0606. The van der Waals surface area contributed by atoms with E-state index in [2.05, 4.69) is 5.32 Å². The minimum absolute atomic E-state index is 0.0606. The van der Waals surface area contributed by atoms with E-state index in [1.165, 1.54) is 4.90 Å². The van der Waals surface area contributed by atoms with E-state index in [4.69, 9.17) is 11.6 Å². The van der Waals surface area contributed by atoms with Gasteiger partial charge in [0, 0.05) is 12.1 Å². The zero-order valence-corrected chi connectivity index (χ0v) is 8.84. The van der Waals surface area contributed by atoms with Crippen molar-refractivity contribution in [1.29, 1.82) is 0 Å². The van der Waals surface area contributed by atoms with Crippen molar-refractivity contribution in [3.63, 3.8) is 0 Å². The average molecular weight is 225 g/mol. The maximum absolute atomic E-state index is 11.8. The van der Waals surface area contributed by atoms with Gasteiger partial charge in [-0.2, -0.15) is 0 Å². The Hall–Kier alpha value is -1.55. The third-order valence-electron chi connectivity index (χ3n) is 2.21. The van der Waals surface area contributed by atoms with Crippen molar-refractivity contribution in [1.82, 2.24) is 4.90 Å². The van der Waals surface area contributed by atoms with E-state index >= 15 is 0 Å². The van der Waals surface area contributed by atoms with Gasteiger partial charge in [-0.05, 0) is 18.2 Å². The van der Waals surface area contributed by atoms with Crippen molar-refractivity contribution < 1.29 is 9.59 Å². The smallest absolute Gasteiger partial charge is 0.256 e. The summed E-state index contributed by atoms with van der Waals surface area (Å²) in [5.74, 6) is -0.396. The quantitative estimate of drug-likeness (QED) is 0.724. The number of carbonyl (C=O) groups excluding carboxylic acids is 2. The number of rotatable bonds is 0. The lowest BCUT2D eigenvalue weighted by Crippen LogP contribution is -2.31. The molecule has 2 amide bonds. The first kappa shape index (κ1) is 9.98. The molecule has 5 heteroatoms. The largest absolute Gasteiger partial charge is 0.332 e. The van der Waals surface area contributed by atoms with Gasteiger partial charge < -0.3 is 10.2 Å². The maximum Gasteiger partial charge on any atom is 0.256 e. The number of carbonyl (C=O) groups is 2. The van der Waals surface area contributed by atoms with Crippen LogP contribution in [0.15, 0.2) is 18.2 Å². The van der Waals surface area contributed by atoms with Crippen molar-refractivity contribution in [3.05, 3.63) is 28.8 Å². The topological polar surface area (TPSA) is 49.4 Å². The summed E-state index contributed by atoms with van der Waals surface area (Å²) >= 11 is 5.79. The highest BCUT2D eigenvalue weighted by molar-refractivity contribution is 6.31. The Morgan fingerprint density at radius 3 is 2.87 bits per heavy atom. The Morgan fingerprint density at radius 2 is 2.13 bits per heavy atom. The fourth-order valence-electron chi connectivity index (χ4n) is 1.49. The minimum atomic E-state index is -0.216. The first-order valence-corrected chi connectivity index (χ1v) is 4.80. The van der Waals surface area contributed by atoms with Gasteiger partial charge in [-0.3, -0.25) is 9.59 Å². The molecular weight excluding hydrogens is 216 g/mol. The Labute approximate surface area is 91.8 Å². The molecule has 1 aliphatic heterocycles. The lowest BCUT2D eigenvalue weighted by Gasteiger charge is -2.11. The zero-order chi connectivity index (χ0) is 11.0. The van der Waals surface area contributed by atoms with E-state index in [-0.39, 0.29) is 18.4 Å². The molecule has 0 atom stereocenters. The summed E-state index contributed by atoms with van der Waals surface area (Å²) in [5, 5.41) is 3.13. The molecule has 1 aromatic rings. The highest BCUT2D eigenvalue weighted by atomic mass is 35.5. The molecule has 1 aromatic carbocycles. The van der Waals surface area contributed by atoms with Crippen LogP contribution in [0.3, 0.4) is 0 Å². The third kappa shape index (κ3) is 1.80. The Morgan fingerprint density at radius 1 is 1.40 bits per heavy atom.